The van der Waals surface area contributed by atoms with Gasteiger partial charge in [-0.05, 0) is 26.3 Å². The topological polar surface area (TPSA) is 98.3 Å². The molecule has 1 amide bonds. The van der Waals surface area contributed by atoms with Crippen LogP contribution in [0.1, 0.15) is 22.6 Å². The van der Waals surface area contributed by atoms with E-state index in [1.165, 1.54) is 23.9 Å². The first kappa shape index (κ1) is 17.0. The van der Waals surface area contributed by atoms with E-state index in [0.29, 0.717) is 11.4 Å². The first-order valence-corrected chi connectivity index (χ1v) is 8.08. The molecule has 0 aliphatic carbocycles. The minimum absolute atomic E-state index is 0.0470. The largest absolute Gasteiger partial charge is 0.361 e. The lowest BCUT2D eigenvalue weighted by Crippen LogP contribution is -2.15. The van der Waals surface area contributed by atoms with Gasteiger partial charge in [0.2, 0.25) is 5.91 Å². The zero-order valence-electron chi connectivity index (χ0n) is 13.1. The van der Waals surface area contributed by atoms with E-state index in [9.17, 15) is 14.9 Å². The van der Waals surface area contributed by atoms with Crippen LogP contribution in [0.4, 0.5) is 11.4 Å². The predicted octanol–water partition coefficient (Wildman–Crippen LogP) is 3.38. The van der Waals surface area contributed by atoms with Crippen molar-refractivity contribution < 1.29 is 14.2 Å². The molecule has 1 aromatic carbocycles. The molecule has 8 heteroatoms. The number of nitro benzene ring substituents is 1. The predicted molar refractivity (Wildman–Crippen MR) is 88.6 cm³/mol. The minimum atomic E-state index is -0.485. The SMILES string of the molecule is Cc1ccc([N+](=O)[O-])cc1NC(=O)CSCc1c(C)noc1C. The molecule has 1 heterocycles. The van der Waals surface area contributed by atoms with Crippen LogP contribution >= 0.6 is 11.8 Å². The fourth-order valence-electron chi connectivity index (χ4n) is 2.00. The molecule has 0 bridgehead atoms. The van der Waals surface area contributed by atoms with Crippen molar-refractivity contribution in [3.05, 3.63) is 50.9 Å². The first-order valence-electron chi connectivity index (χ1n) is 6.93. The number of nitrogens with one attached hydrogen (secondary N) is 1. The summed E-state index contributed by atoms with van der Waals surface area (Å²) < 4.78 is 5.07. The Morgan fingerprint density at radius 3 is 2.74 bits per heavy atom. The van der Waals surface area contributed by atoms with Gasteiger partial charge in [0.15, 0.2) is 0 Å². The molecule has 23 heavy (non-hydrogen) atoms. The van der Waals surface area contributed by atoms with Gasteiger partial charge < -0.3 is 9.84 Å². The van der Waals surface area contributed by atoms with Gasteiger partial charge in [-0.2, -0.15) is 0 Å². The molecule has 0 spiro atoms. The summed E-state index contributed by atoms with van der Waals surface area (Å²) in [6, 6.07) is 4.40. The standard InChI is InChI=1S/C15H17N3O4S/c1-9-4-5-12(18(20)21)6-14(9)16-15(19)8-23-7-13-10(2)17-22-11(13)3/h4-6H,7-8H2,1-3H3,(H,16,19). The van der Waals surface area contributed by atoms with E-state index >= 15 is 0 Å². The molecule has 2 rings (SSSR count). The summed E-state index contributed by atoms with van der Waals surface area (Å²) in [5, 5.41) is 17.4. The number of aromatic nitrogens is 1. The molecule has 0 aliphatic heterocycles. The number of hydrogen-bond donors (Lipinski definition) is 1. The van der Waals surface area contributed by atoms with Crippen molar-refractivity contribution in [2.45, 2.75) is 26.5 Å². The summed E-state index contributed by atoms with van der Waals surface area (Å²) in [6.45, 7) is 5.48. The summed E-state index contributed by atoms with van der Waals surface area (Å²) in [4.78, 5) is 22.3. The third-order valence-electron chi connectivity index (χ3n) is 3.37. The van der Waals surface area contributed by atoms with Crippen LogP contribution in [-0.4, -0.2) is 21.7 Å². The molecule has 0 aliphatic rings. The van der Waals surface area contributed by atoms with Gasteiger partial charge in [0.1, 0.15) is 5.76 Å². The second-order valence-corrected chi connectivity index (χ2v) is 6.09. The number of nitrogens with zero attached hydrogens (tertiary/aromatic N) is 2. The normalized spacial score (nSPS) is 10.6. The Bertz CT molecular complexity index is 723. The van der Waals surface area contributed by atoms with E-state index in [1.54, 1.807) is 13.0 Å². The van der Waals surface area contributed by atoms with Crippen LogP contribution in [0.5, 0.6) is 0 Å². The number of aryl methyl sites for hydroxylation is 3. The van der Waals surface area contributed by atoms with Crippen molar-refractivity contribution in [1.29, 1.82) is 0 Å². The lowest BCUT2D eigenvalue weighted by atomic mass is 10.2. The number of non-ortho nitro benzene ring substituents is 1. The molecule has 0 radical (unpaired) electrons. The summed E-state index contributed by atoms with van der Waals surface area (Å²) in [5.41, 5.74) is 3.01. The van der Waals surface area contributed by atoms with Crippen molar-refractivity contribution in [2.75, 3.05) is 11.1 Å². The van der Waals surface area contributed by atoms with Crippen LogP contribution in [0.3, 0.4) is 0 Å². The van der Waals surface area contributed by atoms with Crippen molar-refractivity contribution >= 4 is 29.0 Å². The van der Waals surface area contributed by atoms with Crippen LogP contribution in [0, 0.1) is 30.9 Å². The molecule has 1 aromatic heterocycles. The first-order chi connectivity index (χ1) is 10.9. The number of rotatable bonds is 6. The highest BCUT2D eigenvalue weighted by molar-refractivity contribution is 7.99. The highest BCUT2D eigenvalue weighted by Gasteiger charge is 2.13. The van der Waals surface area contributed by atoms with E-state index in [0.717, 1.165) is 22.6 Å². The van der Waals surface area contributed by atoms with Crippen molar-refractivity contribution in [3.8, 4) is 0 Å². The van der Waals surface area contributed by atoms with Crippen molar-refractivity contribution in [2.24, 2.45) is 0 Å². The number of nitro groups is 1. The van der Waals surface area contributed by atoms with Crippen LogP contribution in [0.25, 0.3) is 0 Å². The molecule has 7 nitrogen and oxygen atoms in total. The molecular formula is C15H17N3O4S. The minimum Gasteiger partial charge on any atom is -0.361 e. The third-order valence-corrected chi connectivity index (χ3v) is 4.33. The molecule has 0 unspecified atom stereocenters. The average Bonchev–Trinajstić information content (AvgIpc) is 2.81. The number of anilines is 1. The molecule has 1 N–H and O–H groups in total. The number of benzene rings is 1. The molecule has 0 saturated heterocycles. The Labute approximate surface area is 137 Å². The quantitative estimate of drug-likeness (QED) is 0.642. The van der Waals surface area contributed by atoms with E-state index < -0.39 is 4.92 Å². The Morgan fingerprint density at radius 1 is 1.39 bits per heavy atom. The maximum absolute atomic E-state index is 12.0. The summed E-state index contributed by atoms with van der Waals surface area (Å²) >= 11 is 1.44. The lowest BCUT2D eigenvalue weighted by Gasteiger charge is -2.08. The van der Waals surface area contributed by atoms with Gasteiger partial charge in [0.25, 0.3) is 5.69 Å². The van der Waals surface area contributed by atoms with Gasteiger partial charge in [-0.1, -0.05) is 11.2 Å². The number of thioether (sulfide) groups is 1. The van der Waals surface area contributed by atoms with Crippen molar-refractivity contribution in [1.82, 2.24) is 5.16 Å². The summed E-state index contributed by atoms with van der Waals surface area (Å²) in [6.07, 6.45) is 0. The average molecular weight is 335 g/mol. The number of hydrogen-bond acceptors (Lipinski definition) is 6. The number of carbonyl (C=O) groups is 1. The number of amides is 1. The molecule has 0 saturated carbocycles. The lowest BCUT2D eigenvalue weighted by molar-refractivity contribution is -0.384. The van der Waals surface area contributed by atoms with Crippen LogP contribution in [-0.2, 0) is 10.5 Å². The van der Waals surface area contributed by atoms with Crippen molar-refractivity contribution in [3.63, 3.8) is 0 Å². The van der Waals surface area contributed by atoms with Gasteiger partial charge in [0, 0.05) is 23.4 Å². The molecular weight excluding hydrogens is 318 g/mol. The van der Waals surface area contributed by atoms with E-state index in [-0.39, 0.29) is 17.3 Å². The monoisotopic (exact) mass is 335 g/mol. The zero-order valence-corrected chi connectivity index (χ0v) is 13.9. The molecule has 0 fully saturated rings. The van der Waals surface area contributed by atoms with E-state index in [1.807, 2.05) is 13.8 Å². The van der Waals surface area contributed by atoms with Gasteiger partial charge in [0.05, 0.1) is 22.1 Å². The maximum Gasteiger partial charge on any atom is 0.271 e. The molecule has 122 valence electrons. The van der Waals surface area contributed by atoms with E-state index in [2.05, 4.69) is 10.5 Å². The highest BCUT2D eigenvalue weighted by atomic mass is 32.2. The van der Waals surface area contributed by atoms with Gasteiger partial charge in [-0.25, -0.2) is 0 Å². The maximum atomic E-state index is 12.0. The van der Waals surface area contributed by atoms with Gasteiger partial charge in [-0.15, -0.1) is 11.8 Å². The third kappa shape index (κ3) is 4.32. The fourth-order valence-corrected chi connectivity index (χ4v) is 2.97. The Balaban J connectivity index is 1.92. The Hall–Kier alpha value is -2.35. The Kier molecular flexibility index (Phi) is 5.38. The summed E-state index contributed by atoms with van der Waals surface area (Å²) in [7, 11) is 0. The fraction of sp³-hybridized carbons (Fsp3) is 0.333. The summed E-state index contributed by atoms with van der Waals surface area (Å²) in [5.74, 6) is 1.42. The van der Waals surface area contributed by atoms with Crippen LogP contribution in [0.15, 0.2) is 22.7 Å². The second kappa shape index (κ2) is 7.28. The van der Waals surface area contributed by atoms with E-state index in [4.69, 9.17) is 4.52 Å². The smallest absolute Gasteiger partial charge is 0.271 e. The zero-order chi connectivity index (χ0) is 17.0. The molecule has 2 aromatic rings. The van der Waals surface area contributed by atoms with Gasteiger partial charge >= 0.3 is 0 Å². The van der Waals surface area contributed by atoms with Gasteiger partial charge in [-0.3, -0.25) is 14.9 Å². The van der Waals surface area contributed by atoms with Crippen LogP contribution in [0.2, 0.25) is 0 Å². The van der Waals surface area contributed by atoms with Crippen LogP contribution < -0.4 is 5.32 Å². The second-order valence-electron chi connectivity index (χ2n) is 5.10. The highest BCUT2D eigenvalue weighted by Crippen LogP contribution is 2.23. The molecule has 0 atom stereocenters. The number of carbonyl (C=O) groups excluding carboxylic acids is 1. The Morgan fingerprint density at radius 2 is 2.13 bits per heavy atom.